The zero-order chi connectivity index (χ0) is 8.97. The number of rotatable bonds is 3. The molecule has 66 valence electrons. The molecule has 0 atom stereocenters. The standard InChI is InChI=1S/C7H11N3O2/c1-3-6-4-10(9-8-6)5-7(11)12-2/h4H,3,5H2,1-2H3. The van der Waals surface area contributed by atoms with E-state index in [1.165, 1.54) is 11.8 Å². The average molecular weight is 169 g/mol. The van der Waals surface area contributed by atoms with E-state index < -0.39 is 0 Å². The van der Waals surface area contributed by atoms with Gasteiger partial charge in [0.25, 0.3) is 0 Å². The van der Waals surface area contributed by atoms with Crippen molar-refractivity contribution in [1.82, 2.24) is 15.0 Å². The molecule has 0 aliphatic heterocycles. The summed E-state index contributed by atoms with van der Waals surface area (Å²) in [5.41, 5.74) is 0.874. The summed E-state index contributed by atoms with van der Waals surface area (Å²) in [6.07, 6.45) is 2.55. The number of hydrogen-bond acceptors (Lipinski definition) is 4. The molecule has 1 heterocycles. The minimum absolute atomic E-state index is 0.128. The van der Waals surface area contributed by atoms with Crippen LogP contribution in [0.15, 0.2) is 6.20 Å². The highest BCUT2D eigenvalue weighted by Gasteiger charge is 2.03. The Morgan fingerprint density at radius 2 is 2.50 bits per heavy atom. The van der Waals surface area contributed by atoms with Crippen LogP contribution in [0.5, 0.6) is 0 Å². The molecule has 5 heteroatoms. The van der Waals surface area contributed by atoms with Crippen molar-refractivity contribution in [2.45, 2.75) is 19.9 Å². The van der Waals surface area contributed by atoms with Gasteiger partial charge in [-0.25, -0.2) is 4.68 Å². The lowest BCUT2D eigenvalue weighted by Crippen LogP contribution is -2.11. The zero-order valence-corrected chi connectivity index (χ0v) is 7.15. The van der Waals surface area contributed by atoms with Gasteiger partial charge in [-0.1, -0.05) is 12.1 Å². The molecule has 0 spiro atoms. The average Bonchev–Trinajstić information content (AvgIpc) is 2.52. The van der Waals surface area contributed by atoms with Crippen molar-refractivity contribution in [2.24, 2.45) is 0 Å². The molecular formula is C7H11N3O2. The van der Waals surface area contributed by atoms with Crippen molar-refractivity contribution < 1.29 is 9.53 Å². The van der Waals surface area contributed by atoms with Gasteiger partial charge in [0.1, 0.15) is 6.54 Å². The van der Waals surface area contributed by atoms with Crippen LogP contribution in [0.3, 0.4) is 0 Å². The van der Waals surface area contributed by atoms with Gasteiger partial charge in [-0.15, -0.1) is 5.10 Å². The van der Waals surface area contributed by atoms with Gasteiger partial charge in [0.05, 0.1) is 12.8 Å². The predicted octanol–water partition coefficient (Wildman–Crippen LogP) is 0.0135. The number of aryl methyl sites for hydroxylation is 1. The first-order valence-corrected chi connectivity index (χ1v) is 3.72. The van der Waals surface area contributed by atoms with Crippen molar-refractivity contribution in [3.05, 3.63) is 11.9 Å². The number of nitrogens with zero attached hydrogens (tertiary/aromatic N) is 3. The number of carbonyl (C=O) groups excluding carboxylic acids is 1. The highest BCUT2D eigenvalue weighted by molar-refractivity contribution is 5.68. The lowest BCUT2D eigenvalue weighted by Gasteiger charge is -1.96. The summed E-state index contributed by atoms with van der Waals surface area (Å²) < 4.78 is 5.93. The van der Waals surface area contributed by atoms with E-state index in [2.05, 4.69) is 15.0 Å². The molecule has 0 aliphatic rings. The van der Waals surface area contributed by atoms with Crippen molar-refractivity contribution in [2.75, 3.05) is 7.11 Å². The molecule has 12 heavy (non-hydrogen) atoms. The SMILES string of the molecule is CCc1cn(CC(=O)OC)nn1. The number of carbonyl (C=O) groups is 1. The molecule has 0 radical (unpaired) electrons. The van der Waals surface area contributed by atoms with Gasteiger partial charge in [-0.3, -0.25) is 4.79 Å². The Hall–Kier alpha value is -1.39. The fraction of sp³-hybridized carbons (Fsp3) is 0.571. The van der Waals surface area contributed by atoms with Crippen molar-refractivity contribution in [3.8, 4) is 0 Å². The fourth-order valence-electron chi connectivity index (χ4n) is 0.775. The first kappa shape index (κ1) is 8.70. The Kier molecular flexibility index (Phi) is 2.79. The van der Waals surface area contributed by atoms with Gasteiger partial charge in [0.15, 0.2) is 0 Å². The third-order valence-electron chi connectivity index (χ3n) is 1.47. The molecule has 0 amide bonds. The molecule has 5 nitrogen and oxygen atoms in total. The van der Waals surface area contributed by atoms with Gasteiger partial charge in [0.2, 0.25) is 0 Å². The second-order valence-electron chi connectivity index (χ2n) is 2.34. The Bertz CT molecular complexity index is 269. The van der Waals surface area contributed by atoms with Crippen LogP contribution in [0.1, 0.15) is 12.6 Å². The minimum atomic E-state index is -0.317. The second kappa shape index (κ2) is 3.85. The van der Waals surface area contributed by atoms with E-state index in [1.807, 2.05) is 6.92 Å². The van der Waals surface area contributed by atoms with Gasteiger partial charge < -0.3 is 4.74 Å². The smallest absolute Gasteiger partial charge is 0.327 e. The number of ether oxygens (including phenoxy) is 1. The Labute approximate surface area is 70.3 Å². The van der Waals surface area contributed by atoms with E-state index in [0.717, 1.165) is 12.1 Å². The molecule has 0 fully saturated rings. The summed E-state index contributed by atoms with van der Waals surface area (Å²) in [6, 6.07) is 0. The molecule has 0 unspecified atom stereocenters. The molecule has 1 rings (SSSR count). The van der Waals surface area contributed by atoms with E-state index in [9.17, 15) is 4.79 Å². The Morgan fingerprint density at radius 1 is 1.75 bits per heavy atom. The molecular weight excluding hydrogens is 158 g/mol. The van der Waals surface area contributed by atoms with Crippen LogP contribution in [0.4, 0.5) is 0 Å². The van der Waals surface area contributed by atoms with Crippen LogP contribution in [-0.4, -0.2) is 28.1 Å². The van der Waals surface area contributed by atoms with E-state index in [4.69, 9.17) is 0 Å². The lowest BCUT2D eigenvalue weighted by molar-refractivity contribution is -0.141. The normalized spacial score (nSPS) is 9.83. The van der Waals surface area contributed by atoms with Gasteiger partial charge in [-0.05, 0) is 6.42 Å². The van der Waals surface area contributed by atoms with Crippen molar-refractivity contribution in [1.29, 1.82) is 0 Å². The van der Waals surface area contributed by atoms with E-state index >= 15 is 0 Å². The first-order chi connectivity index (χ1) is 5.76. The predicted molar refractivity (Wildman–Crippen MR) is 41.4 cm³/mol. The van der Waals surface area contributed by atoms with Gasteiger partial charge in [-0.2, -0.15) is 0 Å². The first-order valence-electron chi connectivity index (χ1n) is 3.72. The Balaban J connectivity index is 2.58. The number of hydrogen-bond donors (Lipinski definition) is 0. The van der Waals surface area contributed by atoms with E-state index in [-0.39, 0.29) is 12.5 Å². The van der Waals surface area contributed by atoms with Crippen LogP contribution in [-0.2, 0) is 22.5 Å². The highest BCUT2D eigenvalue weighted by atomic mass is 16.5. The zero-order valence-electron chi connectivity index (χ0n) is 7.15. The van der Waals surface area contributed by atoms with E-state index in [0.29, 0.717) is 0 Å². The summed E-state index contributed by atoms with van der Waals surface area (Å²) in [6.45, 7) is 2.11. The third kappa shape index (κ3) is 2.05. The second-order valence-corrected chi connectivity index (χ2v) is 2.34. The summed E-state index contributed by atoms with van der Waals surface area (Å²) in [4.78, 5) is 10.8. The molecule has 0 aliphatic carbocycles. The van der Waals surface area contributed by atoms with Crippen molar-refractivity contribution >= 4 is 5.97 Å². The van der Waals surface area contributed by atoms with Crippen LogP contribution in [0.2, 0.25) is 0 Å². The fourth-order valence-corrected chi connectivity index (χ4v) is 0.775. The maximum Gasteiger partial charge on any atom is 0.327 e. The maximum absolute atomic E-state index is 10.8. The van der Waals surface area contributed by atoms with Crippen molar-refractivity contribution in [3.63, 3.8) is 0 Å². The number of esters is 1. The summed E-state index contributed by atoms with van der Waals surface area (Å²) >= 11 is 0. The van der Waals surface area contributed by atoms with Crippen LogP contribution in [0.25, 0.3) is 0 Å². The number of methoxy groups -OCH3 is 1. The molecule has 0 saturated heterocycles. The third-order valence-corrected chi connectivity index (χ3v) is 1.47. The summed E-state index contributed by atoms with van der Waals surface area (Å²) in [5, 5.41) is 7.57. The molecule has 0 N–H and O–H groups in total. The molecule has 1 aromatic heterocycles. The van der Waals surface area contributed by atoms with Gasteiger partial charge in [0, 0.05) is 6.20 Å². The molecule has 0 aromatic carbocycles. The maximum atomic E-state index is 10.8. The topological polar surface area (TPSA) is 57.0 Å². The monoisotopic (exact) mass is 169 g/mol. The van der Waals surface area contributed by atoms with Crippen LogP contribution in [0, 0.1) is 0 Å². The largest absolute Gasteiger partial charge is 0.468 e. The lowest BCUT2D eigenvalue weighted by atomic mass is 10.4. The Morgan fingerprint density at radius 3 is 3.00 bits per heavy atom. The summed E-state index contributed by atoms with van der Waals surface area (Å²) in [5.74, 6) is -0.317. The minimum Gasteiger partial charge on any atom is -0.468 e. The van der Waals surface area contributed by atoms with Crippen LogP contribution >= 0.6 is 0 Å². The quantitative estimate of drug-likeness (QED) is 0.598. The highest BCUT2D eigenvalue weighted by Crippen LogP contribution is 1.93. The molecule has 0 bridgehead atoms. The van der Waals surface area contributed by atoms with E-state index in [1.54, 1.807) is 6.20 Å². The molecule has 0 saturated carbocycles. The number of aromatic nitrogens is 3. The van der Waals surface area contributed by atoms with Crippen LogP contribution < -0.4 is 0 Å². The van der Waals surface area contributed by atoms with Gasteiger partial charge >= 0.3 is 5.97 Å². The summed E-state index contributed by atoms with van der Waals surface area (Å²) in [7, 11) is 1.35. The molecule has 1 aromatic rings.